The van der Waals surface area contributed by atoms with E-state index in [4.69, 9.17) is 12.2 Å². The Morgan fingerprint density at radius 3 is 1.84 bits per heavy atom. The van der Waals surface area contributed by atoms with Crippen molar-refractivity contribution in [2.24, 2.45) is 0 Å². The normalized spacial score (nSPS) is 10.0. The molecule has 0 atom stereocenters. The molecule has 7 nitrogen and oxygen atoms in total. The molecule has 0 saturated carbocycles. The zero-order chi connectivity index (χ0) is 14.6. The molecule has 0 spiro atoms. The molecule has 0 heterocycles. The Bertz CT molecular complexity index is 496. The average Bonchev–Trinajstić information content (AvgIpc) is 2.39. The minimum absolute atomic E-state index is 0.319. The van der Waals surface area contributed by atoms with Gasteiger partial charge >= 0.3 is 0 Å². The lowest BCUT2D eigenvalue weighted by Crippen LogP contribution is -2.29. The Hall–Kier alpha value is -2.09. The minimum Gasteiger partial charge on any atom is -0.363 e. The minimum atomic E-state index is -0.665. The Morgan fingerprint density at radius 1 is 1.11 bits per heavy atom. The smallest absolute Gasteiger partial charge is 0.277 e. The van der Waals surface area contributed by atoms with Crippen molar-refractivity contribution in [3.05, 3.63) is 44.0 Å². The van der Waals surface area contributed by atoms with Crippen LogP contribution in [-0.4, -0.2) is 32.8 Å². The maximum atomic E-state index is 10.8. The number of rotatable bonds is 5. The Kier molecular flexibility index (Phi) is 4.87. The van der Waals surface area contributed by atoms with Gasteiger partial charge in [-0.3, -0.25) is 20.2 Å². The fraction of sp³-hybridized carbons (Fsp3) is 0.364. The van der Waals surface area contributed by atoms with Gasteiger partial charge in [-0.15, -0.1) is 0 Å². The van der Waals surface area contributed by atoms with Crippen LogP contribution in [0.1, 0.15) is 19.4 Å². The molecule has 0 saturated heterocycles. The number of hydrogen-bond acceptors (Lipinski definition) is 5. The molecule has 0 aliphatic rings. The van der Waals surface area contributed by atoms with Crippen LogP contribution in [0, 0.1) is 20.2 Å². The van der Waals surface area contributed by atoms with Gasteiger partial charge in [-0.2, -0.15) is 0 Å². The van der Waals surface area contributed by atoms with E-state index in [2.05, 4.69) is 0 Å². The summed E-state index contributed by atoms with van der Waals surface area (Å²) < 4.78 is 0. The van der Waals surface area contributed by atoms with Crippen LogP contribution in [0.2, 0.25) is 0 Å². The summed E-state index contributed by atoms with van der Waals surface area (Å²) in [7, 11) is 0. The molecule has 0 N–H and O–H groups in total. The monoisotopic (exact) mass is 283 g/mol. The Morgan fingerprint density at radius 2 is 1.53 bits per heavy atom. The van der Waals surface area contributed by atoms with Crippen LogP contribution in [0.25, 0.3) is 0 Å². The number of nitrogens with zero attached hydrogens (tertiary/aromatic N) is 3. The number of non-ortho nitro benzene ring substituents is 2. The summed E-state index contributed by atoms with van der Waals surface area (Å²) in [5, 5.41) is 21.6. The van der Waals surface area contributed by atoms with Crippen molar-refractivity contribution in [1.82, 2.24) is 4.90 Å². The number of nitro groups is 2. The third-order valence-corrected chi connectivity index (χ3v) is 3.12. The summed E-state index contributed by atoms with van der Waals surface area (Å²) >= 11 is 5.21. The molecule has 19 heavy (non-hydrogen) atoms. The van der Waals surface area contributed by atoms with Gasteiger partial charge in [0.05, 0.1) is 15.9 Å². The first kappa shape index (κ1) is 15.0. The maximum Gasteiger partial charge on any atom is 0.277 e. The SMILES string of the molecule is CCN(CC)C(=S)c1cc([N+](=O)[O-])cc([N+](=O)[O-])c1. The Balaban J connectivity index is 3.30. The molecule has 1 rings (SSSR count). The van der Waals surface area contributed by atoms with Crippen LogP contribution in [0.5, 0.6) is 0 Å². The summed E-state index contributed by atoms with van der Waals surface area (Å²) in [6.07, 6.45) is 0. The van der Waals surface area contributed by atoms with Gasteiger partial charge in [0, 0.05) is 30.8 Å². The van der Waals surface area contributed by atoms with Gasteiger partial charge in [0.15, 0.2) is 0 Å². The molecule has 0 aromatic heterocycles. The van der Waals surface area contributed by atoms with E-state index in [1.807, 2.05) is 13.8 Å². The predicted octanol–water partition coefficient (Wildman–Crippen LogP) is 2.52. The van der Waals surface area contributed by atoms with Gasteiger partial charge in [0.2, 0.25) is 0 Å². The second-order valence-corrected chi connectivity index (χ2v) is 4.12. The molecule has 1 aromatic rings. The molecule has 0 aliphatic carbocycles. The first-order valence-corrected chi connectivity index (χ1v) is 6.04. The van der Waals surface area contributed by atoms with E-state index in [0.717, 1.165) is 6.07 Å². The van der Waals surface area contributed by atoms with E-state index in [0.29, 0.717) is 23.6 Å². The average molecular weight is 283 g/mol. The molecular formula is C11H13N3O4S. The summed E-state index contributed by atoms with van der Waals surface area (Å²) in [6, 6.07) is 3.44. The Labute approximate surface area is 115 Å². The highest BCUT2D eigenvalue weighted by atomic mass is 32.1. The van der Waals surface area contributed by atoms with Crippen molar-refractivity contribution in [2.45, 2.75) is 13.8 Å². The lowest BCUT2D eigenvalue weighted by atomic mass is 10.1. The molecule has 1 aromatic carbocycles. The molecule has 8 heteroatoms. The van der Waals surface area contributed by atoms with Gasteiger partial charge in [-0.05, 0) is 13.8 Å². The first-order valence-electron chi connectivity index (χ1n) is 5.63. The summed E-state index contributed by atoms with van der Waals surface area (Å²) in [6.45, 7) is 5.04. The van der Waals surface area contributed by atoms with E-state index in [-0.39, 0.29) is 11.4 Å². The van der Waals surface area contributed by atoms with E-state index in [1.54, 1.807) is 4.90 Å². The van der Waals surface area contributed by atoms with Gasteiger partial charge in [-0.25, -0.2) is 0 Å². The first-order chi connectivity index (χ1) is 8.90. The van der Waals surface area contributed by atoms with E-state index >= 15 is 0 Å². The molecule has 0 fully saturated rings. The van der Waals surface area contributed by atoms with Crippen LogP contribution in [0.3, 0.4) is 0 Å². The van der Waals surface area contributed by atoms with Gasteiger partial charge in [0.1, 0.15) is 4.99 Å². The maximum absolute atomic E-state index is 10.8. The van der Waals surface area contributed by atoms with Crippen LogP contribution in [0.15, 0.2) is 18.2 Å². The number of thiocarbonyl (C=S) groups is 1. The van der Waals surface area contributed by atoms with Gasteiger partial charge < -0.3 is 4.90 Å². The summed E-state index contributed by atoms with van der Waals surface area (Å²) in [4.78, 5) is 22.4. The lowest BCUT2D eigenvalue weighted by molar-refractivity contribution is -0.394. The van der Waals surface area contributed by atoms with Gasteiger partial charge in [0.25, 0.3) is 11.4 Å². The third kappa shape index (κ3) is 3.44. The number of benzene rings is 1. The highest BCUT2D eigenvalue weighted by molar-refractivity contribution is 7.80. The summed E-state index contributed by atoms with van der Waals surface area (Å²) in [5.41, 5.74) is -0.350. The topological polar surface area (TPSA) is 89.5 Å². The highest BCUT2D eigenvalue weighted by Crippen LogP contribution is 2.23. The van der Waals surface area contributed by atoms with Crippen LogP contribution in [0.4, 0.5) is 11.4 Å². The molecular weight excluding hydrogens is 270 g/mol. The second-order valence-electron chi connectivity index (χ2n) is 3.73. The molecule has 102 valence electrons. The molecule has 0 unspecified atom stereocenters. The molecule has 0 aliphatic heterocycles. The van der Waals surface area contributed by atoms with Crippen LogP contribution >= 0.6 is 12.2 Å². The van der Waals surface area contributed by atoms with Crippen molar-refractivity contribution in [2.75, 3.05) is 13.1 Å². The standard InChI is InChI=1S/C11H13N3O4S/c1-3-12(4-2)11(19)8-5-9(13(15)16)7-10(6-8)14(17)18/h5-7H,3-4H2,1-2H3. The van der Waals surface area contributed by atoms with Crippen LogP contribution in [-0.2, 0) is 0 Å². The van der Waals surface area contributed by atoms with E-state index in [9.17, 15) is 20.2 Å². The quantitative estimate of drug-likeness (QED) is 0.468. The van der Waals surface area contributed by atoms with Crippen molar-refractivity contribution in [3.63, 3.8) is 0 Å². The zero-order valence-corrected chi connectivity index (χ0v) is 11.3. The van der Waals surface area contributed by atoms with Crippen molar-refractivity contribution >= 4 is 28.6 Å². The van der Waals surface area contributed by atoms with Crippen molar-refractivity contribution in [1.29, 1.82) is 0 Å². The molecule has 0 bridgehead atoms. The van der Waals surface area contributed by atoms with Crippen LogP contribution < -0.4 is 0 Å². The fourth-order valence-electron chi connectivity index (χ4n) is 1.62. The number of nitro benzene ring substituents is 2. The molecule has 0 radical (unpaired) electrons. The largest absolute Gasteiger partial charge is 0.363 e. The van der Waals surface area contributed by atoms with E-state index < -0.39 is 9.85 Å². The van der Waals surface area contributed by atoms with Crippen molar-refractivity contribution < 1.29 is 9.85 Å². The predicted molar refractivity (Wildman–Crippen MR) is 74.4 cm³/mol. The van der Waals surface area contributed by atoms with E-state index in [1.165, 1.54) is 12.1 Å². The van der Waals surface area contributed by atoms with Gasteiger partial charge in [-0.1, -0.05) is 12.2 Å². The zero-order valence-electron chi connectivity index (χ0n) is 10.5. The second kappa shape index (κ2) is 6.19. The third-order valence-electron chi connectivity index (χ3n) is 2.62. The summed E-state index contributed by atoms with van der Waals surface area (Å²) in [5.74, 6) is 0. The fourth-order valence-corrected chi connectivity index (χ4v) is 2.00. The number of hydrogen-bond donors (Lipinski definition) is 0. The lowest BCUT2D eigenvalue weighted by Gasteiger charge is -2.21. The molecule has 0 amide bonds. The van der Waals surface area contributed by atoms with Crippen molar-refractivity contribution in [3.8, 4) is 0 Å². The highest BCUT2D eigenvalue weighted by Gasteiger charge is 2.19.